The van der Waals surface area contributed by atoms with Crippen molar-refractivity contribution in [3.05, 3.63) is 23.9 Å². The van der Waals surface area contributed by atoms with Gasteiger partial charge in [-0.2, -0.15) is 0 Å². The molecule has 3 N–H and O–H groups in total. The number of hydrogen-bond donors (Lipinski definition) is 2. The average molecular weight is 206 g/mol. The highest BCUT2D eigenvalue weighted by molar-refractivity contribution is 5.77. The maximum absolute atomic E-state index is 7.21. The average Bonchev–Trinajstić information content (AvgIpc) is 2.21. The fraction of sp³-hybridized carbons (Fsp3) is 0.455. The highest BCUT2D eigenvalue weighted by Crippen LogP contribution is 2.15. The molecule has 1 rings (SSSR count). The maximum atomic E-state index is 7.21. The summed E-state index contributed by atoms with van der Waals surface area (Å²) < 4.78 is 0. The van der Waals surface area contributed by atoms with Gasteiger partial charge in [0.05, 0.1) is 5.84 Å². The van der Waals surface area contributed by atoms with E-state index in [-0.39, 0.29) is 5.84 Å². The molecule has 15 heavy (non-hydrogen) atoms. The van der Waals surface area contributed by atoms with E-state index in [9.17, 15) is 0 Å². The van der Waals surface area contributed by atoms with Gasteiger partial charge in [-0.1, -0.05) is 6.07 Å². The maximum Gasteiger partial charge on any atom is 0.131 e. The SMILES string of the molecule is CCN(CCC(=N)N)c1ncccc1C. The Bertz CT molecular complexity index is 335. The van der Waals surface area contributed by atoms with Gasteiger partial charge >= 0.3 is 0 Å². The predicted octanol–water partition coefficient (Wildman–Crippen LogP) is 1.54. The monoisotopic (exact) mass is 206 g/mol. The quantitative estimate of drug-likeness (QED) is 0.567. The fourth-order valence-electron chi connectivity index (χ4n) is 1.48. The Morgan fingerprint density at radius 3 is 2.87 bits per heavy atom. The van der Waals surface area contributed by atoms with Crippen LogP contribution in [-0.2, 0) is 0 Å². The summed E-state index contributed by atoms with van der Waals surface area (Å²) in [7, 11) is 0. The van der Waals surface area contributed by atoms with Gasteiger partial charge in [0.1, 0.15) is 5.82 Å². The molecule has 82 valence electrons. The number of amidine groups is 1. The van der Waals surface area contributed by atoms with Crippen molar-refractivity contribution in [2.24, 2.45) is 5.73 Å². The van der Waals surface area contributed by atoms with Crippen LogP contribution in [0.15, 0.2) is 18.3 Å². The van der Waals surface area contributed by atoms with E-state index >= 15 is 0 Å². The van der Waals surface area contributed by atoms with Crippen molar-refractivity contribution in [1.29, 1.82) is 5.41 Å². The minimum absolute atomic E-state index is 0.224. The highest BCUT2D eigenvalue weighted by Gasteiger charge is 2.07. The standard InChI is InChI=1S/C11H18N4/c1-3-15(8-6-10(12)13)11-9(2)5-4-7-14-11/h4-5,7H,3,6,8H2,1-2H3,(H3,12,13). The zero-order chi connectivity index (χ0) is 11.3. The van der Waals surface area contributed by atoms with Crippen molar-refractivity contribution in [3.63, 3.8) is 0 Å². The second-order valence-corrected chi connectivity index (χ2v) is 3.50. The first-order valence-electron chi connectivity index (χ1n) is 5.14. The van der Waals surface area contributed by atoms with E-state index in [0.717, 1.165) is 24.5 Å². The molecule has 1 aromatic rings. The van der Waals surface area contributed by atoms with Gasteiger partial charge in [-0.25, -0.2) is 4.98 Å². The van der Waals surface area contributed by atoms with Gasteiger partial charge < -0.3 is 10.6 Å². The highest BCUT2D eigenvalue weighted by atomic mass is 15.2. The Morgan fingerprint density at radius 1 is 1.60 bits per heavy atom. The van der Waals surface area contributed by atoms with Crippen molar-refractivity contribution in [1.82, 2.24) is 4.98 Å². The fourth-order valence-corrected chi connectivity index (χ4v) is 1.48. The van der Waals surface area contributed by atoms with E-state index in [1.807, 2.05) is 19.1 Å². The number of rotatable bonds is 5. The van der Waals surface area contributed by atoms with Crippen molar-refractivity contribution < 1.29 is 0 Å². The first-order valence-corrected chi connectivity index (χ1v) is 5.14. The lowest BCUT2D eigenvalue weighted by Gasteiger charge is -2.23. The summed E-state index contributed by atoms with van der Waals surface area (Å²) in [6.07, 6.45) is 2.38. The lowest BCUT2D eigenvalue weighted by Crippen LogP contribution is -2.28. The van der Waals surface area contributed by atoms with Gasteiger partial charge in [0.2, 0.25) is 0 Å². The number of nitrogens with one attached hydrogen (secondary N) is 1. The van der Waals surface area contributed by atoms with Gasteiger partial charge in [-0.3, -0.25) is 5.41 Å². The van der Waals surface area contributed by atoms with Crippen LogP contribution < -0.4 is 10.6 Å². The molecular formula is C11H18N4. The van der Waals surface area contributed by atoms with Crippen LogP contribution in [-0.4, -0.2) is 23.9 Å². The Hall–Kier alpha value is -1.58. The molecule has 1 aromatic heterocycles. The second-order valence-electron chi connectivity index (χ2n) is 3.50. The Morgan fingerprint density at radius 2 is 2.33 bits per heavy atom. The van der Waals surface area contributed by atoms with Crippen molar-refractivity contribution in [3.8, 4) is 0 Å². The number of pyridine rings is 1. The summed E-state index contributed by atoms with van der Waals surface area (Å²) in [4.78, 5) is 6.48. The van der Waals surface area contributed by atoms with Crippen LogP contribution in [0.3, 0.4) is 0 Å². The first-order chi connectivity index (χ1) is 7.15. The zero-order valence-electron chi connectivity index (χ0n) is 9.33. The molecule has 1 heterocycles. The molecule has 0 atom stereocenters. The molecule has 4 heteroatoms. The minimum Gasteiger partial charge on any atom is -0.388 e. The summed E-state index contributed by atoms with van der Waals surface area (Å²) in [6, 6.07) is 3.97. The van der Waals surface area contributed by atoms with E-state index < -0.39 is 0 Å². The van der Waals surface area contributed by atoms with Gasteiger partial charge in [0.15, 0.2) is 0 Å². The molecular weight excluding hydrogens is 188 g/mol. The van der Waals surface area contributed by atoms with Crippen LogP contribution >= 0.6 is 0 Å². The van der Waals surface area contributed by atoms with Gasteiger partial charge in [-0.15, -0.1) is 0 Å². The van der Waals surface area contributed by atoms with Gasteiger partial charge in [-0.05, 0) is 25.5 Å². The van der Waals surface area contributed by atoms with Crippen molar-refractivity contribution in [2.45, 2.75) is 20.3 Å². The van der Waals surface area contributed by atoms with Crippen molar-refractivity contribution in [2.75, 3.05) is 18.0 Å². The van der Waals surface area contributed by atoms with Gasteiger partial charge in [0, 0.05) is 25.7 Å². The lowest BCUT2D eigenvalue weighted by molar-refractivity contribution is 0.810. The largest absolute Gasteiger partial charge is 0.388 e. The molecule has 0 fully saturated rings. The van der Waals surface area contributed by atoms with Crippen LogP contribution in [0.2, 0.25) is 0 Å². The molecule has 0 aliphatic carbocycles. The Balaban J connectivity index is 2.74. The van der Waals surface area contributed by atoms with Crippen LogP contribution in [0.1, 0.15) is 18.9 Å². The van der Waals surface area contributed by atoms with Gasteiger partial charge in [0.25, 0.3) is 0 Å². The number of hydrogen-bond acceptors (Lipinski definition) is 3. The van der Waals surface area contributed by atoms with E-state index in [0.29, 0.717) is 6.42 Å². The molecule has 0 aliphatic rings. The third kappa shape index (κ3) is 3.23. The van der Waals surface area contributed by atoms with E-state index in [2.05, 4.69) is 16.8 Å². The second kappa shape index (κ2) is 5.34. The first kappa shape index (κ1) is 11.5. The number of aryl methyl sites for hydroxylation is 1. The number of nitrogens with zero attached hydrogens (tertiary/aromatic N) is 2. The number of anilines is 1. The molecule has 0 aromatic carbocycles. The molecule has 4 nitrogen and oxygen atoms in total. The van der Waals surface area contributed by atoms with Crippen molar-refractivity contribution >= 4 is 11.7 Å². The molecule has 0 amide bonds. The molecule has 0 saturated carbocycles. The smallest absolute Gasteiger partial charge is 0.131 e. The summed E-state index contributed by atoms with van der Waals surface area (Å²) in [5, 5.41) is 7.21. The Kier molecular flexibility index (Phi) is 4.09. The van der Waals surface area contributed by atoms with Crippen LogP contribution in [0, 0.1) is 12.3 Å². The lowest BCUT2D eigenvalue weighted by atomic mass is 10.2. The topological polar surface area (TPSA) is 66.0 Å². The summed E-state index contributed by atoms with van der Waals surface area (Å²) in [5.74, 6) is 1.21. The van der Waals surface area contributed by atoms with Crippen LogP contribution in [0.4, 0.5) is 5.82 Å². The number of nitrogens with two attached hydrogens (primary N) is 1. The van der Waals surface area contributed by atoms with E-state index in [4.69, 9.17) is 11.1 Å². The molecule has 0 unspecified atom stereocenters. The molecule has 0 radical (unpaired) electrons. The van der Waals surface area contributed by atoms with Crippen LogP contribution in [0.5, 0.6) is 0 Å². The zero-order valence-corrected chi connectivity index (χ0v) is 9.33. The molecule has 0 aliphatic heterocycles. The van der Waals surface area contributed by atoms with E-state index in [1.54, 1.807) is 6.20 Å². The normalized spacial score (nSPS) is 10.0. The third-order valence-corrected chi connectivity index (χ3v) is 2.31. The molecule has 0 saturated heterocycles. The Labute approximate surface area is 90.6 Å². The predicted molar refractivity (Wildman–Crippen MR) is 63.4 cm³/mol. The molecule has 0 spiro atoms. The minimum atomic E-state index is 0.224. The van der Waals surface area contributed by atoms with E-state index in [1.165, 1.54) is 0 Å². The van der Waals surface area contributed by atoms with Crippen LogP contribution in [0.25, 0.3) is 0 Å². The number of aromatic nitrogens is 1. The summed E-state index contributed by atoms with van der Waals surface area (Å²) in [5.41, 5.74) is 6.50. The molecule has 0 bridgehead atoms. The summed E-state index contributed by atoms with van der Waals surface area (Å²) >= 11 is 0. The summed E-state index contributed by atoms with van der Waals surface area (Å²) in [6.45, 7) is 5.75. The third-order valence-electron chi connectivity index (χ3n) is 2.31.